The van der Waals surface area contributed by atoms with Crippen LogP contribution in [0.3, 0.4) is 0 Å². The van der Waals surface area contributed by atoms with Crippen molar-refractivity contribution in [1.29, 1.82) is 0 Å². The summed E-state index contributed by atoms with van der Waals surface area (Å²) in [6.07, 6.45) is 2.46. The Bertz CT molecular complexity index is 667. The summed E-state index contributed by atoms with van der Waals surface area (Å²) in [6.45, 7) is 11.5. The molecule has 1 aliphatic heterocycles. The lowest BCUT2D eigenvalue weighted by Crippen LogP contribution is -2.46. The minimum atomic E-state index is 0.124. The van der Waals surface area contributed by atoms with Crippen molar-refractivity contribution in [3.05, 3.63) is 29.8 Å². The third-order valence-electron chi connectivity index (χ3n) is 5.68. The molecule has 0 aromatic heterocycles. The molecule has 1 N–H and O–H groups in total. The summed E-state index contributed by atoms with van der Waals surface area (Å²) in [5, 5.41) is 3.35. The van der Waals surface area contributed by atoms with Crippen LogP contribution in [0.15, 0.2) is 29.3 Å². The van der Waals surface area contributed by atoms with E-state index in [4.69, 9.17) is 9.73 Å². The van der Waals surface area contributed by atoms with Crippen LogP contribution in [0, 0.1) is 0 Å². The van der Waals surface area contributed by atoms with Crippen molar-refractivity contribution in [1.82, 2.24) is 20.0 Å². The smallest absolute Gasteiger partial charge is 0.242 e. The van der Waals surface area contributed by atoms with Crippen LogP contribution >= 0.6 is 0 Å². The Labute approximate surface area is 182 Å². The summed E-state index contributed by atoms with van der Waals surface area (Å²) in [6, 6.07) is 8.53. The van der Waals surface area contributed by atoms with E-state index in [1.165, 1.54) is 18.4 Å². The van der Waals surface area contributed by atoms with Crippen LogP contribution in [0.5, 0.6) is 5.75 Å². The van der Waals surface area contributed by atoms with Gasteiger partial charge in [-0.1, -0.05) is 12.1 Å². The molecule has 0 radical (unpaired) electrons. The van der Waals surface area contributed by atoms with Gasteiger partial charge in [-0.25, -0.2) is 0 Å². The van der Waals surface area contributed by atoms with Crippen LogP contribution < -0.4 is 10.1 Å². The molecule has 7 heteroatoms. The molecular formula is C23H39N5O2. The summed E-state index contributed by atoms with van der Waals surface area (Å²) < 4.78 is 5.32. The fourth-order valence-corrected chi connectivity index (χ4v) is 3.91. The van der Waals surface area contributed by atoms with Crippen molar-refractivity contribution >= 4 is 11.9 Å². The number of likely N-dealkylation sites (N-methyl/N-ethyl adjacent to an activating group) is 2. The number of methoxy groups -OCH3 is 1. The highest BCUT2D eigenvalue weighted by Gasteiger charge is 2.24. The number of benzene rings is 1. The minimum absolute atomic E-state index is 0.124. The molecule has 1 atom stereocenters. The topological polar surface area (TPSA) is 60.4 Å². The second-order valence-corrected chi connectivity index (χ2v) is 7.65. The average molecular weight is 418 g/mol. The lowest BCUT2D eigenvalue weighted by molar-refractivity contribution is -0.131. The Kier molecular flexibility index (Phi) is 9.94. The number of rotatable bonds is 10. The molecule has 1 aromatic carbocycles. The average Bonchev–Trinajstić information content (AvgIpc) is 3.29. The van der Waals surface area contributed by atoms with Gasteiger partial charge in [0.2, 0.25) is 5.91 Å². The van der Waals surface area contributed by atoms with Gasteiger partial charge in [-0.15, -0.1) is 0 Å². The maximum Gasteiger partial charge on any atom is 0.242 e. The molecular weight excluding hydrogens is 378 g/mol. The zero-order chi connectivity index (χ0) is 21.9. The van der Waals surface area contributed by atoms with Gasteiger partial charge < -0.3 is 19.9 Å². The molecule has 0 aliphatic carbocycles. The highest BCUT2D eigenvalue weighted by Crippen LogP contribution is 2.27. The Morgan fingerprint density at radius 3 is 2.33 bits per heavy atom. The largest absolute Gasteiger partial charge is 0.497 e. The summed E-state index contributed by atoms with van der Waals surface area (Å²) in [7, 11) is 3.62. The van der Waals surface area contributed by atoms with E-state index in [0.717, 1.165) is 44.4 Å². The van der Waals surface area contributed by atoms with Crippen LogP contribution in [0.25, 0.3) is 0 Å². The van der Waals surface area contributed by atoms with E-state index >= 15 is 0 Å². The molecule has 1 unspecified atom stereocenters. The van der Waals surface area contributed by atoms with Crippen molar-refractivity contribution in [2.75, 3.05) is 60.0 Å². The first-order chi connectivity index (χ1) is 14.5. The van der Waals surface area contributed by atoms with E-state index in [-0.39, 0.29) is 11.9 Å². The molecule has 0 spiro atoms. The van der Waals surface area contributed by atoms with E-state index in [1.54, 1.807) is 7.11 Å². The second-order valence-electron chi connectivity index (χ2n) is 7.65. The highest BCUT2D eigenvalue weighted by molar-refractivity contribution is 5.86. The van der Waals surface area contributed by atoms with Crippen molar-refractivity contribution < 1.29 is 9.53 Å². The Morgan fingerprint density at radius 2 is 1.80 bits per heavy atom. The molecule has 168 valence electrons. The molecule has 1 saturated heterocycles. The summed E-state index contributed by atoms with van der Waals surface area (Å²) in [5.41, 5.74) is 1.25. The van der Waals surface area contributed by atoms with E-state index in [2.05, 4.69) is 29.3 Å². The van der Waals surface area contributed by atoms with E-state index in [1.807, 2.05) is 42.8 Å². The monoisotopic (exact) mass is 417 g/mol. The van der Waals surface area contributed by atoms with Gasteiger partial charge in [0.25, 0.3) is 0 Å². The molecule has 0 bridgehead atoms. The minimum Gasteiger partial charge on any atom is -0.497 e. The van der Waals surface area contributed by atoms with Gasteiger partial charge in [0, 0.05) is 26.7 Å². The number of nitrogens with zero attached hydrogens (tertiary/aromatic N) is 4. The summed E-state index contributed by atoms with van der Waals surface area (Å²) >= 11 is 0. The predicted octanol–water partition coefficient (Wildman–Crippen LogP) is 2.60. The zero-order valence-electron chi connectivity index (χ0n) is 19.4. The maximum absolute atomic E-state index is 12.5. The Hall–Kier alpha value is -2.28. The standard InChI is InChI=1S/C23H39N5O2/c1-6-24-23(26(4)18-22(29)27(7-2)8-3)25-17-21(28-15-9-10-16-28)19-11-13-20(30-5)14-12-19/h11-14,21H,6-10,15-18H2,1-5H3,(H,24,25). The number of hydrogen-bond acceptors (Lipinski definition) is 4. The second kappa shape index (κ2) is 12.4. The van der Waals surface area contributed by atoms with Crippen LogP contribution in [0.1, 0.15) is 45.2 Å². The van der Waals surface area contributed by atoms with Crippen LogP contribution in [-0.2, 0) is 4.79 Å². The Morgan fingerprint density at radius 1 is 1.17 bits per heavy atom. The summed E-state index contributed by atoms with van der Waals surface area (Å²) in [4.78, 5) is 23.8. The van der Waals surface area contributed by atoms with Gasteiger partial charge in [-0.2, -0.15) is 0 Å². The number of likely N-dealkylation sites (tertiary alicyclic amines) is 1. The highest BCUT2D eigenvalue weighted by atomic mass is 16.5. The van der Waals surface area contributed by atoms with Crippen LogP contribution in [0.4, 0.5) is 0 Å². The molecule has 2 rings (SSSR count). The fraction of sp³-hybridized carbons (Fsp3) is 0.652. The van der Waals surface area contributed by atoms with Crippen molar-refractivity contribution in [2.24, 2.45) is 4.99 Å². The van der Waals surface area contributed by atoms with E-state index in [9.17, 15) is 4.79 Å². The number of aliphatic imine (C=N–C) groups is 1. The number of carbonyl (C=O) groups is 1. The summed E-state index contributed by atoms with van der Waals surface area (Å²) in [5.74, 6) is 1.76. The molecule has 1 aliphatic rings. The lowest BCUT2D eigenvalue weighted by atomic mass is 10.1. The Balaban J connectivity index is 2.16. The van der Waals surface area contributed by atoms with E-state index < -0.39 is 0 Å². The number of hydrogen-bond donors (Lipinski definition) is 1. The van der Waals surface area contributed by atoms with E-state index in [0.29, 0.717) is 13.1 Å². The molecule has 1 fully saturated rings. The first-order valence-corrected chi connectivity index (χ1v) is 11.2. The molecule has 30 heavy (non-hydrogen) atoms. The number of ether oxygens (including phenoxy) is 1. The molecule has 1 amide bonds. The van der Waals surface area contributed by atoms with Gasteiger partial charge in [0.1, 0.15) is 5.75 Å². The van der Waals surface area contributed by atoms with Crippen LogP contribution in [-0.4, -0.2) is 86.5 Å². The van der Waals surface area contributed by atoms with Gasteiger partial charge in [0.05, 0.1) is 26.2 Å². The van der Waals surface area contributed by atoms with Gasteiger partial charge in [-0.05, 0) is 64.4 Å². The van der Waals surface area contributed by atoms with Gasteiger partial charge in [-0.3, -0.25) is 14.7 Å². The maximum atomic E-state index is 12.5. The first-order valence-electron chi connectivity index (χ1n) is 11.2. The number of nitrogens with one attached hydrogen (secondary N) is 1. The molecule has 1 heterocycles. The first kappa shape index (κ1) is 24.0. The quantitative estimate of drug-likeness (QED) is 0.468. The van der Waals surface area contributed by atoms with Crippen LogP contribution in [0.2, 0.25) is 0 Å². The normalized spacial score (nSPS) is 15.7. The van der Waals surface area contributed by atoms with Crippen molar-refractivity contribution in [2.45, 2.75) is 39.7 Å². The third-order valence-corrected chi connectivity index (χ3v) is 5.68. The predicted molar refractivity (Wildman–Crippen MR) is 123 cm³/mol. The molecule has 7 nitrogen and oxygen atoms in total. The van der Waals surface area contributed by atoms with Gasteiger partial charge >= 0.3 is 0 Å². The number of amides is 1. The SMILES string of the molecule is CCNC(=NCC(c1ccc(OC)cc1)N1CCCC1)N(C)CC(=O)N(CC)CC. The van der Waals surface area contributed by atoms with Gasteiger partial charge in [0.15, 0.2) is 5.96 Å². The number of carbonyl (C=O) groups excluding carboxylic acids is 1. The lowest BCUT2D eigenvalue weighted by Gasteiger charge is -2.29. The molecule has 1 aromatic rings. The third kappa shape index (κ3) is 6.62. The van der Waals surface area contributed by atoms with Crippen molar-refractivity contribution in [3.8, 4) is 5.75 Å². The van der Waals surface area contributed by atoms with Crippen molar-refractivity contribution in [3.63, 3.8) is 0 Å². The fourth-order valence-electron chi connectivity index (χ4n) is 3.91. The zero-order valence-corrected chi connectivity index (χ0v) is 19.4. The molecule has 0 saturated carbocycles. The number of guanidine groups is 1.